The molecule has 0 radical (unpaired) electrons. The van der Waals surface area contributed by atoms with E-state index in [2.05, 4.69) is 5.32 Å². The van der Waals surface area contributed by atoms with Crippen LogP contribution >= 0.6 is 0 Å². The summed E-state index contributed by atoms with van der Waals surface area (Å²) in [4.78, 5) is 10.9. The molecule has 0 amide bonds. The van der Waals surface area contributed by atoms with Crippen LogP contribution in [0.4, 0.5) is 11.4 Å². The highest BCUT2D eigenvalue weighted by Crippen LogP contribution is 2.31. The molecule has 28 heavy (non-hydrogen) atoms. The largest absolute Gasteiger partial charge is 0.379 e. The number of nitro benzene ring substituents is 1. The maximum Gasteiger partial charge on any atom is 0.293 e. The molecular weight excluding hydrogens is 382 g/mol. The van der Waals surface area contributed by atoms with Crippen molar-refractivity contribution in [1.29, 1.82) is 0 Å². The Bertz CT molecular complexity index is 772. The number of anilines is 1. The molecular formula is C19H31N3O5S. The van der Waals surface area contributed by atoms with Crippen molar-refractivity contribution in [2.24, 2.45) is 11.8 Å². The minimum atomic E-state index is -3.76. The molecule has 1 aromatic rings. The van der Waals surface area contributed by atoms with Gasteiger partial charge in [-0.3, -0.25) is 10.1 Å². The quantitative estimate of drug-likeness (QED) is 0.378. The van der Waals surface area contributed by atoms with E-state index in [4.69, 9.17) is 4.74 Å². The second-order valence-corrected chi connectivity index (χ2v) is 9.84. The van der Waals surface area contributed by atoms with E-state index >= 15 is 0 Å². The molecule has 0 aliphatic carbocycles. The third kappa shape index (κ3) is 5.89. The summed E-state index contributed by atoms with van der Waals surface area (Å²) in [7, 11) is -3.76. The van der Waals surface area contributed by atoms with Crippen molar-refractivity contribution in [2.45, 2.75) is 51.5 Å². The molecule has 1 aliphatic heterocycles. The maximum absolute atomic E-state index is 13.0. The van der Waals surface area contributed by atoms with Crippen molar-refractivity contribution in [2.75, 3.05) is 31.6 Å². The van der Waals surface area contributed by atoms with Gasteiger partial charge in [-0.2, -0.15) is 4.31 Å². The third-order valence-corrected chi connectivity index (χ3v) is 6.55. The van der Waals surface area contributed by atoms with E-state index < -0.39 is 14.9 Å². The number of rotatable bonds is 9. The van der Waals surface area contributed by atoms with Crippen LogP contribution in [0, 0.1) is 22.0 Å². The van der Waals surface area contributed by atoms with Crippen LogP contribution in [0.1, 0.15) is 40.5 Å². The van der Waals surface area contributed by atoms with E-state index in [1.165, 1.54) is 16.4 Å². The first-order chi connectivity index (χ1) is 13.1. The lowest BCUT2D eigenvalue weighted by Crippen LogP contribution is -2.42. The van der Waals surface area contributed by atoms with Crippen LogP contribution in [0.2, 0.25) is 0 Å². The summed E-state index contributed by atoms with van der Waals surface area (Å²) in [5, 5.41) is 14.5. The van der Waals surface area contributed by atoms with Crippen LogP contribution in [0.5, 0.6) is 0 Å². The Labute approximate surface area is 167 Å². The van der Waals surface area contributed by atoms with Crippen LogP contribution in [0.3, 0.4) is 0 Å². The first-order valence-electron chi connectivity index (χ1n) is 9.75. The maximum atomic E-state index is 13.0. The van der Waals surface area contributed by atoms with E-state index in [0.717, 1.165) is 12.5 Å². The molecule has 1 N–H and O–H groups in total. The molecule has 0 bridgehead atoms. The number of hydrogen-bond acceptors (Lipinski definition) is 6. The van der Waals surface area contributed by atoms with Gasteiger partial charge < -0.3 is 10.1 Å². The van der Waals surface area contributed by atoms with Gasteiger partial charge in [0.2, 0.25) is 10.0 Å². The molecule has 0 unspecified atom stereocenters. The number of sulfonamides is 1. The minimum Gasteiger partial charge on any atom is -0.379 e. The fraction of sp³-hybridized carbons (Fsp3) is 0.684. The molecule has 9 heteroatoms. The molecule has 0 spiro atoms. The normalized spacial score (nSPS) is 21.0. The average molecular weight is 414 g/mol. The van der Waals surface area contributed by atoms with Gasteiger partial charge in [-0.05, 0) is 50.7 Å². The number of nitro groups is 1. The highest BCUT2D eigenvalue weighted by Gasteiger charge is 2.33. The molecule has 1 heterocycles. The van der Waals surface area contributed by atoms with Crippen molar-refractivity contribution in [3.8, 4) is 0 Å². The summed E-state index contributed by atoms with van der Waals surface area (Å²) >= 11 is 0. The lowest BCUT2D eigenvalue weighted by Gasteiger charge is -2.34. The summed E-state index contributed by atoms with van der Waals surface area (Å²) in [6, 6.07) is 4.08. The van der Waals surface area contributed by atoms with Crippen molar-refractivity contribution < 1.29 is 18.1 Å². The lowest BCUT2D eigenvalue weighted by atomic mass is 9.94. The number of nitrogens with zero attached hydrogens (tertiary/aromatic N) is 2. The molecule has 8 nitrogen and oxygen atoms in total. The summed E-state index contributed by atoms with van der Waals surface area (Å²) in [6.45, 7) is 9.87. The van der Waals surface area contributed by atoms with Gasteiger partial charge in [-0.15, -0.1) is 0 Å². The number of nitrogens with one attached hydrogen (secondary N) is 1. The summed E-state index contributed by atoms with van der Waals surface area (Å²) in [5.74, 6) is 0.532. The SMILES string of the molecule is CC(C)OCCCNc1ccc(S(=O)(=O)N2C[C@H](C)C[C@H](C)C2)cc1[N+](=O)[O-]. The molecule has 2 rings (SSSR count). The molecule has 1 aliphatic rings. The highest BCUT2D eigenvalue weighted by atomic mass is 32.2. The van der Waals surface area contributed by atoms with Crippen molar-refractivity contribution in [1.82, 2.24) is 4.31 Å². The third-order valence-electron chi connectivity index (χ3n) is 4.73. The smallest absolute Gasteiger partial charge is 0.293 e. The zero-order valence-electron chi connectivity index (χ0n) is 17.1. The molecule has 1 fully saturated rings. The number of benzene rings is 1. The fourth-order valence-corrected chi connectivity index (χ4v) is 5.24. The molecule has 1 aromatic carbocycles. The summed E-state index contributed by atoms with van der Waals surface area (Å²) in [5.41, 5.74) is 0.0813. The predicted octanol–water partition coefficient (Wildman–Crippen LogP) is 3.49. The van der Waals surface area contributed by atoms with Gasteiger partial charge in [0, 0.05) is 32.3 Å². The molecule has 0 saturated carbocycles. The Morgan fingerprint density at radius 2 is 1.93 bits per heavy atom. The minimum absolute atomic E-state index is 0.0332. The average Bonchev–Trinajstić information content (AvgIpc) is 2.60. The zero-order valence-corrected chi connectivity index (χ0v) is 17.9. The topological polar surface area (TPSA) is 102 Å². The zero-order chi connectivity index (χ0) is 20.9. The Kier molecular flexibility index (Phi) is 7.79. The van der Waals surface area contributed by atoms with Gasteiger partial charge in [-0.25, -0.2) is 8.42 Å². The van der Waals surface area contributed by atoms with Crippen LogP contribution in [0.15, 0.2) is 23.1 Å². The predicted molar refractivity (Wildman–Crippen MR) is 109 cm³/mol. The highest BCUT2D eigenvalue weighted by molar-refractivity contribution is 7.89. The van der Waals surface area contributed by atoms with Gasteiger partial charge in [0.15, 0.2) is 0 Å². The van der Waals surface area contributed by atoms with Gasteiger partial charge >= 0.3 is 0 Å². The van der Waals surface area contributed by atoms with E-state index in [1.807, 2.05) is 27.7 Å². The van der Waals surface area contributed by atoms with Gasteiger partial charge in [-0.1, -0.05) is 13.8 Å². The molecule has 158 valence electrons. The molecule has 2 atom stereocenters. The van der Waals surface area contributed by atoms with E-state index in [1.54, 1.807) is 0 Å². The van der Waals surface area contributed by atoms with Crippen LogP contribution in [0.25, 0.3) is 0 Å². The standard InChI is InChI=1S/C19H31N3O5S/c1-14(2)27-9-5-8-20-18-7-6-17(11-19(18)22(23)24)28(25,26)21-12-15(3)10-16(4)13-21/h6-7,11,14-16,20H,5,8-10,12-13H2,1-4H3/t15-,16+. The van der Waals surface area contributed by atoms with Gasteiger partial charge in [0.1, 0.15) is 5.69 Å². The number of hydrogen-bond donors (Lipinski definition) is 1. The second kappa shape index (κ2) is 9.67. The van der Waals surface area contributed by atoms with Crippen molar-refractivity contribution in [3.05, 3.63) is 28.3 Å². The first-order valence-corrected chi connectivity index (χ1v) is 11.2. The van der Waals surface area contributed by atoms with E-state index in [9.17, 15) is 18.5 Å². The second-order valence-electron chi connectivity index (χ2n) is 7.90. The fourth-order valence-electron chi connectivity index (χ4n) is 3.54. The van der Waals surface area contributed by atoms with E-state index in [0.29, 0.717) is 38.3 Å². The molecule has 0 aromatic heterocycles. The monoisotopic (exact) mass is 413 g/mol. The lowest BCUT2D eigenvalue weighted by molar-refractivity contribution is -0.384. The van der Waals surface area contributed by atoms with Crippen molar-refractivity contribution in [3.63, 3.8) is 0 Å². The Morgan fingerprint density at radius 3 is 2.50 bits per heavy atom. The molecule has 1 saturated heterocycles. The van der Waals surface area contributed by atoms with Crippen molar-refractivity contribution >= 4 is 21.4 Å². The van der Waals surface area contributed by atoms with E-state index in [-0.39, 0.29) is 28.5 Å². The number of piperidine rings is 1. The van der Waals surface area contributed by atoms with Crippen LogP contribution < -0.4 is 5.32 Å². The van der Waals surface area contributed by atoms with Crippen LogP contribution in [-0.4, -0.2) is 50.0 Å². The Morgan fingerprint density at radius 1 is 1.29 bits per heavy atom. The van der Waals surface area contributed by atoms with Gasteiger partial charge in [0.25, 0.3) is 5.69 Å². The summed E-state index contributed by atoms with van der Waals surface area (Å²) in [6.07, 6.45) is 1.81. The summed E-state index contributed by atoms with van der Waals surface area (Å²) < 4.78 is 32.9. The number of ether oxygens (including phenoxy) is 1. The van der Waals surface area contributed by atoms with Gasteiger partial charge in [0.05, 0.1) is 15.9 Å². The van der Waals surface area contributed by atoms with Crippen LogP contribution in [-0.2, 0) is 14.8 Å². The Hall–Kier alpha value is -1.71. The first kappa shape index (κ1) is 22.6. The Balaban J connectivity index is 2.16.